The van der Waals surface area contributed by atoms with Gasteiger partial charge in [0.1, 0.15) is 30.2 Å². The maximum atomic E-state index is 14.1. The third-order valence-corrected chi connectivity index (χ3v) is 8.49. The lowest BCUT2D eigenvalue weighted by molar-refractivity contribution is -0.144. The number of aliphatic carboxylic acids is 2. The number of carbonyl (C=O) groups excluding carboxylic acids is 5. The van der Waals surface area contributed by atoms with Gasteiger partial charge >= 0.3 is 11.9 Å². The molecular formula is C33H36N6O9. The van der Waals surface area contributed by atoms with E-state index in [-0.39, 0.29) is 25.8 Å². The van der Waals surface area contributed by atoms with Gasteiger partial charge in [-0.2, -0.15) is 0 Å². The van der Waals surface area contributed by atoms with Crippen molar-refractivity contribution in [3.05, 3.63) is 71.9 Å². The number of nitrogens with one attached hydrogen (secondary N) is 5. The molecule has 0 bridgehead atoms. The second-order valence-electron chi connectivity index (χ2n) is 11.9. The highest BCUT2D eigenvalue weighted by Crippen LogP contribution is 2.23. The monoisotopic (exact) mass is 660 g/mol. The summed E-state index contributed by atoms with van der Waals surface area (Å²) < 4.78 is 0. The van der Waals surface area contributed by atoms with Crippen molar-refractivity contribution in [1.82, 2.24) is 31.2 Å². The summed E-state index contributed by atoms with van der Waals surface area (Å²) >= 11 is 0. The number of H-pyrrole nitrogens is 1. The Morgan fingerprint density at radius 1 is 0.688 bits per heavy atom. The molecule has 5 rings (SSSR count). The molecule has 15 nitrogen and oxygen atoms in total. The third-order valence-electron chi connectivity index (χ3n) is 8.49. The predicted octanol–water partition coefficient (Wildman–Crippen LogP) is -0.154. The number of amides is 5. The summed E-state index contributed by atoms with van der Waals surface area (Å²) in [5, 5.41) is 30.0. The van der Waals surface area contributed by atoms with E-state index < -0.39 is 84.5 Å². The first kappa shape index (κ1) is 33.6. The first-order valence-electron chi connectivity index (χ1n) is 15.5. The molecule has 2 fully saturated rings. The number of nitrogens with zero attached hydrogens (tertiary/aromatic N) is 1. The number of para-hydroxylation sites is 1. The van der Waals surface area contributed by atoms with Gasteiger partial charge in [-0.25, -0.2) is 0 Å². The molecule has 3 heterocycles. The number of carboxylic acid groups (broad SMARTS) is 2. The number of rotatable bonds is 8. The van der Waals surface area contributed by atoms with Gasteiger partial charge in [0.05, 0.1) is 12.8 Å². The van der Waals surface area contributed by atoms with Gasteiger partial charge in [0.25, 0.3) is 0 Å². The van der Waals surface area contributed by atoms with Gasteiger partial charge in [-0.3, -0.25) is 33.6 Å². The van der Waals surface area contributed by atoms with E-state index in [2.05, 4.69) is 26.3 Å². The lowest BCUT2D eigenvalue weighted by Crippen LogP contribution is -2.58. The predicted molar refractivity (Wildman–Crippen MR) is 169 cm³/mol. The lowest BCUT2D eigenvalue weighted by atomic mass is 10.0. The van der Waals surface area contributed by atoms with Gasteiger partial charge in [0.15, 0.2) is 0 Å². The molecule has 7 N–H and O–H groups in total. The minimum atomic E-state index is -1.66. The molecule has 2 aliphatic heterocycles. The first-order valence-corrected chi connectivity index (χ1v) is 15.5. The normalized spacial score (nSPS) is 24.0. The van der Waals surface area contributed by atoms with Crippen LogP contribution in [0.25, 0.3) is 10.9 Å². The summed E-state index contributed by atoms with van der Waals surface area (Å²) in [6, 6.07) is 8.80. The van der Waals surface area contributed by atoms with Gasteiger partial charge in [0.2, 0.25) is 29.5 Å². The highest BCUT2D eigenvalue weighted by atomic mass is 16.4. The van der Waals surface area contributed by atoms with Crippen LogP contribution in [0, 0.1) is 0 Å². The van der Waals surface area contributed by atoms with Gasteiger partial charge in [-0.15, -0.1) is 0 Å². The van der Waals surface area contributed by atoms with Crippen LogP contribution in [-0.4, -0.2) is 98.3 Å². The van der Waals surface area contributed by atoms with Crippen LogP contribution in [0.15, 0.2) is 60.8 Å². The molecule has 0 unspecified atom stereocenters. The number of hydrogen-bond donors (Lipinski definition) is 7. The zero-order valence-corrected chi connectivity index (χ0v) is 25.8. The Hall–Kier alpha value is -5.73. The van der Waals surface area contributed by atoms with Crippen LogP contribution in [0.5, 0.6) is 0 Å². The van der Waals surface area contributed by atoms with Crippen LogP contribution in [0.1, 0.15) is 36.8 Å². The molecule has 2 saturated heterocycles. The van der Waals surface area contributed by atoms with Gasteiger partial charge in [-0.1, -0.05) is 48.5 Å². The van der Waals surface area contributed by atoms with Crippen LogP contribution in [-0.2, 0) is 46.4 Å². The van der Waals surface area contributed by atoms with Crippen molar-refractivity contribution in [2.45, 2.75) is 68.7 Å². The summed E-state index contributed by atoms with van der Waals surface area (Å²) in [6.45, 7) is 0.140. The fraction of sp³-hybridized carbons (Fsp3) is 0.364. The van der Waals surface area contributed by atoms with Gasteiger partial charge < -0.3 is 41.4 Å². The van der Waals surface area contributed by atoms with Crippen molar-refractivity contribution in [3.63, 3.8) is 0 Å². The fourth-order valence-electron chi connectivity index (χ4n) is 6.14. The summed E-state index contributed by atoms with van der Waals surface area (Å²) in [5.41, 5.74) is 2.05. The van der Waals surface area contributed by atoms with Gasteiger partial charge in [-0.05, 0) is 30.0 Å². The molecule has 0 saturated carbocycles. The minimum Gasteiger partial charge on any atom is -0.481 e. The summed E-state index contributed by atoms with van der Waals surface area (Å²) in [6.07, 6.45) is 0.521. The van der Waals surface area contributed by atoms with E-state index in [1.54, 1.807) is 36.5 Å². The Labute approximate surface area is 274 Å². The van der Waals surface area contributed by atoms with E-state index >= 15 is 0 Å². The molecule has 48 heavy (non-hydrogen) atoms. The van der Waals surface area contributed by atoms with E-state index in [1.807, 2.05) is 24.3 Å². The molecule has 5 amide bonds. The smallest absolute Gasteiger partial charge is 0.305 e. The van der Waals surface area contributed by atoms with Crippen molar-refractivity contribution >= 4 is 52.4 Å². The van der Waals surface area contributed by atoms with Crippen LogP contribution in [0.2, 0.25) is 0 Å². The number of fused-ring (bicyclic) bond motifs is 2. The molecule has 1 aromatic heterocycles. The number of benzene rings is 2. The molecule has 5 atom stereocenters. The maximum Gasteiger partial charge on any atom is 0.305 e. The van der Waals surface area contributed by atoms with Crippen molar-refractivity contribution in [3.8, 4) is 0 Å². The number of aromatic amines is 1. The first-order chi connectivity index (χ1) is 23.0. The Kier molecular flexibility index (Phi) is 10.4. The highest BCUT2D eigenvalue weighted by Gasteiger charge is 2.41. The average Bonchev–Trinajstić information content (AvgIpc) is 3.71. The molecule has 2 aromatic carbocycles. The van der Waals surface area contributed by atoms with Crippen molar-refractivity contribution in [2.24, 2.45) is 0 Å². The van der Waals surface area contributed by atoms with E-state index in [0.29, 0.717) is 17.5 Å². The topological polar surface area (TPSA) is 227 Å². The van der Waals surface area contributed by atoms with Crippen molar-refractivity contribution < 1.29 is 43.8 Å². The van der Waals surface area contributed by atoms with Crippen LogP contribution in [0.3, 0.4) is 0 Å². The second-order valence-corrected chi connectivity index (χ2v) is 11.9. The van der Waals surface area contributed by atoms with Crippen molar-refractivity contribution in [1.29, 1.82) is 0 Å². The van der Waals surface area contributed by atoms with Crippen LogP contribution >= 0.6 is 0 Å². The number of carboxylic acids is 2. The molecule has 0 aliphatic carbocycles. The standard InChI is InChI=1S/C33H36N6O9/c40-27(41)15-23-31(46)38-25(14-19-17-34-21-10-5-4-9-20(19)21)33(48)39-12-6-11-26(39)32(47)37-24(16-28(42)43)30(45)35-22(29(44)36-23)13-18-7-2-1-3-8-18/h1-5,7-10,17,22-26,34H,6,11-16H2,(H,35,45)(H,36,44)(H,37,47)(H,38,46)(H,40,41)(H,42,43)/t22-,23-,24-,25-,26+/m0/s1. The average molecular weight is 661 g/mol. The molecular weight excluding hydrogens is 624 g/mol. The summed E-state index contributed by atoms with van der Waals surface area (Å²) in [4.78, 5) is 96.6. The number of hydrogen-bond acceptors (Lipinski definition) is 7. The van der Waals surface area contributed by atoms with Crippen LogP contribution in [0.4, 0.5) is 0 Å². The molecule has 252 valence electrons. The van der Waals surface area contributed by atoms with Gasteiger partial charge in [0, 0.05) is 36.5 Å². The molecule has 0 spiro atoms. The lowest BCUT2D eigenvalue weighted by Gasteiger charge is -2.30. The Balaban J connectivity index is 1.54. The Bertz CT molecular complexity index is 1720. The van der Waals surface area contributed by atoms with E-state index in [0.717, 1.165) is 10.9 Å². The molecule has 0 radical (unpaired) electrons. The second kappa shape index (κ2) is 14.8. The largest absolute Gasteiger partial charge is 0.481 e. The maximum absolute atomic E-state index is 14.1. The number of carbonyl (C=O) groups is 7. The van der Waals surface area contributed by atoms with E-state index in [9.17, 15) is 43.8 Å². The Morgan fingerprint density at radius 3 is 1.92 bits per heavy atom. The zero-order valence-electron chi connectivity index (χ0n) is 25.8. The van der Waals surface area contributed by atoms with Crippen LogP contribution < -0.4 is 21.3 Å². The van der Waals surface area contributed by atoms with E-state index in [4.69, 9.17) is 0 Å². The van der Waals surface area contributed by atoms with Crippen molar-refractivity contribution in [2.75, 3.05) is 6.54 Å². The highest BCUT2D eigenvalue weighted by molar-refractivity contribution is 6.00. The number of aromatic nitrogens is 1. The fourth-order valence-corrected chi connectivity index (χ4v) is 6.14. The molecule has 15 heteroatoms. The van der Waals surface area contributed by atoms with E-state index in [1.165, 1.54) is 4.90 Å². The SMILES string of the molecule is O=C(O)C[C@@H]1NC(=O)[C@H](Cc2ccccc2)NC(=O)[C@H](CC(=O)O)NC(=O)[C@H]2CCCN2C(=O)[C@H](Cc2c[nH]c3ccccc23)NC1=O. The zero-order chi connectivity index (χ0) is 34.4. The Morgan fingerprint density at radius 2 is 1.25 bits per heavy atom. The molecule has 2 aliphatic rings. The quantitative estimate of drug-likeness (QED) is 0.170. The summed E-state index contributed by atoms with van der Waals surface area (Å²) in [5.74, 6) is -7.07. The summed E-state index contributed by atoms with van der Waals surface area (Å²) in [7, 11) is 0. The third kappa shape index (κ3) is 7.97. The minimum absolute atomic E-state index is 0.0362. The molecule has 3 aromatic rings.